The highest BCUT2D eigenvalue weighted by Crippen LogP contribution is 2.28. The van der Waals surface area contributed by atoms with E-state index in [1.807, 2.05) is 12.1 Å². The first-order valence-corrected chi connectivity index (χ1v) is 10.3. The van der Waals surface area contributed by atoms with Crippen LogP contribution in [0, 0.1) is 0 Å². The van der Waals surface area contributed by atoms with Crippen LogP contribution in [0.25, 0.3) is 16.6 Å². The second kappa shape index (κ2) is 9.03. The lowest BCUT2D eigenvalue weighted by Crippen LogP contribution is -2.28. The Morgan fingerprint density at radius 1 is 1.15 bits per heavy atom. The van der Waals surface area contributed by atoms with Gasteiger partial charge in [0.05, 0.1) is 30.1 Å². The van der Waals surface area contributed by atoms with E-state index >= 15 is 0 Å². The van der Waals surface area contributed by atoms with E-state index in [1.54, 1.807) is 60.4 Å². The van der Waals surface area contributed by atoms with E-state index in [2.05, 4.69) is 5.10 Å². The molecule has 9 heteroatoms. The standard InChI is InChI=1S/C24H21ClN4O4/c1-28(20-8-7-17(25)12-18(20)24(32)33-2)23(31)16-9-10-29-21(11-16)19(13-27-29)14-3-5-15(6-4-14)22(26)30/h3-13,22,30H,26H2,1-2H3. The van der Waals surface area contributed by atoms with Crippen LogP contribution >= 0.6 is 11.6 Å². The first-order valence-electron chi connectivity index (χ1n) is 9.97. The summed E-state index contributed by atoms with van der Waals surface area (Å²) >= 11 is 6.03. The zero-order valence-corrected chi connectivity index (χ0v) is 18.7. The number of ether oxygens (including phenoxy) is 1. The number of amides is 1. The summed E-state index contributed by atoms with van der Waals surface area (Å²) in [4.78, 5) is 26.9. The average Bonchev–Trinajstić information content (AvgIpc) is 3.25. The second-order valence-electron chi connectivity index (χ2n) is 7.39. The molecule has 168 valence electrons. The number of methoxy groups -OCH3 is 1. The van der Waals surface area contributed by atoms with Crippen LogP contribution in [0.1, 0.15) is 32.5 Å². The molecular formula is C24H21ClN4O4. The molecule has 0 bridgehead atoms. The summed E-state index contributed by atoms with van der Waals surface area (Å²) in [6.07, 6.45) is 2.35. The smallest absolute Gasteiger partial charge is 0.340 e. The molecule has 4 rings (SSSR count). The van der Waals surface area contributed by atoms with Crippen LogP contribution < -0.4 is 10.6 Å². The number of pyridine rings is 1. The maximum Gasteiger partial charge on any atom is 0.340 e. The third kappa shape index (κ3) is 4.31. The highest BCUT2D eigenvalue weighted by molar-refractivity contribution is 6.31. The van der Waals surface area contributed by atoms with Gasteiger partial charge in [0.25, 0.3) is 5.91 Å². The SMILES string of the molecule is COC(=O)c1cc(Cl)ccc1N(C)C(=O)c1ccn2ncc(-c3ccc(C(N)O)cc3)c2c1. The Morgan fingerprint density at radius 3 is 2.55 bits per heavy atom. The summed E-state index contributed by atoms with van der Waals surface area (Å²) < 4.78 is 6.50. The van der Waals surface area contributed by atoms with Gasteiger partial charge in [0.1, 0.15) is 6.23 Å². The third-order valence-electron chi connectivity index (χ3n) is 5.36. The largest absolute Gasteiger partial charge is 0.465 e. The molecule has 0 fully saturated rings. The first-order chi connectivity index (χ1) is 15.8. The highest BCUT2D eigenvalue weighted by Gasteiger charge is 2.22. The number of anilines is 1. The van der Waals surface area contributed by atoms with E-state index in [0.717, 1.165) is 16.6 Å². The van der Waals surface area contributed by atoms with Crippen LogP contribution in [0.4, 0.5) is 5.69 Å². The molecule has 0 aliphatic carbocycles. The Balaban J connectivity index is 1.71. The summed E-state index contributed by atoms with van der Waals surface area (Å²) in [5.41, 5.74) is 9.47. The zero-order valence-electron chi connectivity index (χ0n) is 17.9. The van der Waals surface area contributed by atoms with Crippen molar-refractivity contribution in [3.05, 3.63) is 88.7 Å². The number of halogens is 1. The van der Waals surface area contributed by atoms with Crippen LogP contribution in [0.2, 0.25) is 5.02 Å². The minimum atomic E-state index is -1.05. The Labute approximate surface area is 194 Å². The van der Waals surface area contributed by atoms with Crippen molar-refractivity contribution in [2.24, 2.45) is 5.73 Å². The molecule has 1 amide bonds. The van der Waals surface area contributed by atoms with E-state index in [0.29, 0.717) is 21.8 Å². The highest BCUT2D eigenvalue weighted by atomic mass is 35.5. The number of rotatable bonds is 5. The number of benzene rings is 2. The Hall–Kier alpha value is -3.72. The van der Waals surface area contributed by atoms with Gasteiger partial charge in [-0.3, -0.25) is 4.79 Å². The molecule has 8 nitrogen and oxygen atoms in total. The quantitative estimate of drug-likeness (QED) is 0.344. The number of hydrogen-bond donors (Lipinski definition) is 2. The number of hydrogen-bond acceptors (Lipinski definition) is 6. The first kappa shape index (κ1) is 22.5. The van der Waals surface area contributed by atoms with Crippen molar-refractivity contribution in [2.75, 3.05) is 19.1 Å². The predicted octanol–water partition coefficient (Wildman–Crippen LogP) is 3.67. The molecule has 2 aromatic carbocycles. The molecule has 0 saturated carbocycles. The lowest BCUT2D eigenvalue weighted by molar-refractivity contribution is 0.0601. The Morgan fingerprint density at radius 2 is 1.88 bits per heavy atom. The number of nitrogens with two attached hydrogens (primary N) is 1. The number of aliphatic hydroxyl groups excluding tert-OH is 1. The normalized spacial score (nSPS) is 11.9. The molecule has 2 aromatic heterocycles. The molecule has 0 spiro atoms. The molecule has 3 N–H and O–H groups in total. The van der Waals surface area contributed by atoms with E-state index in [1.165, 1.54) is 18.1 Å². The fourth-order valence-electron chi connectivity index (χ4n) is 3.57. The summed E-state index contributed by atoms with van der Waals surface area (Å²) in [6, 6.07) is 15.2. The van der Waals surface area contributed by atoms with Crippen molar-refractivity contribution in [3.63, 3.8) is 0 Å². The van der Waals surface area contributed by atoms with Gasteiger partial charge < -0.3 is 20.5 Å². The predicted molar refractivity (Wildman–Crippen MR) is 125 cm³/mol. The Kier molecular flexibility index (Phi) is 6.15. The van der Waals surface area contributed by atoms with Crippen LogP contribution in [0.3, 0.4) is 0 Å². The maximum atomic E-state index is 13.3. The fourth-order valence-corrected chi connectivity index (χ4v) is 3.75. The molecule has 33 heavy (non-hydrogen) atoms. The summed E-state index contributed by atoms with van der Waals surface area (Å²) in [7, 11) is 2.85. The summed E-state index contributed by atoms with van der Waals surface area (Å²) in [5, 5.41) is 14.2. The van der Waals surface area contributed by atoms with Crippen molar-refractivity contribution in [1.82, 2.24) is 9.61 Å². The van der Waals surface area contributed by atoms with Crippen LogP contribution in [-0.2, 0) is 4.74 Å². The number of fused-ring (bicyclic) bond motifs is 1. The van der Waals surface area contributed by atoms with Crippen LogP contribution in [-0.4, -0.2) is 40.8 Å². The van der Waals surface area contributed by atoms with Crippen LogP contribution in [0.15, 0.2) is 67.0 Å². The molecule has 1 atom stereocenters. The molecule has 0 radical (unpaired) electrons. The van der Waals surface area contributed by atoms with Crippen molar-refractivity contribution in [2.45, 2.75) is 6.23 Å². The van der Waals surface area contributed by atoms with Crippen molar-refractivity contribution in [3.8, 4) is 11.1 Å². The lowest BCUT2D eigenvalue weighted by atomic mass is 10.0. The lowest BCUT2D eigenvalue weighted by Gasteiger charge is -2.20. The minimum absolute atomic E-state index is 0.189. The van der Waals surface area contributed by atoms with Gasteiger partial charge in [-0.25, -0.2) is 9.31 Å². The number of esters is 1. The van der Waals surface area contributed by atoms with Gasteiger partial charge in [-0.15, -0.1) is 0 Å². The molecule has 0 aliphatic rings. The van der Waals surface area contributed by atoms with Gasteiger partial charge in [-0.1, -0.05) is 35.9 Å². The Bertz CT molecular complexity index is 1350. The molecule has 2 heterocycles. The number of carbonyl (C=O) groups excluding carboxylic acids is 2. The molecule has 0 aliphatic heterocycles. The molecule has 4 aromatic rings. The third-order valence-corrected chi connectivity index (χ3v) is 5.60. The van der Waals surface area contributed by atoms with E-state index in [-0.39, 0.29) is 11.5 Å². The fraction of sp³-hybridized carbons (Fsp3) is 0.125. The summed E-state index contributed by atoms with van der Waals surface area (Å²) in [6.45, 7) is 0. The van der Waals surface area contributed by atoms with Crippen molar-refractivity contribution >= 4 is 34.7 Å². The van der Waals surface area contributed by atoms with Crippen LogP contribution in [0.5, 0.6) is 0 Å². The van der Waals surface area contributed by atoms with Gasteiger partial charge in [0, 0.05) is 29.4 Å². The van der Waals surface area contributed by atoms with E-state index in [4.69, 9.17) is 22.1 Å². The van der Waals surface area contributed by atoms with Gasteiger partial charge in [-0.05, 0) is 41.5 Å². The minimum Gasteiger partial charge on any atom is -0.465 e. The van der Waals surface area contributed by atoms with Gasteiger partial charge in [-0.2, -0.15) is 5.10 Å². The maximum absolute atomic E-state index is 13.3. The molecular weight excluding hydrogens is 444 g/mol. The molecule has 0 saturated heterocycles. The molecule has 1 unspecified atom stereocenters. The van der Waals surface area contributed by atoms with Crippen molar-refractivity contribution < 1.29 is 19.4 Å². The van der Waals surface area contributed by atoms with E-state index in [9.17, 15) is 14.7 Å². The summed E-state index contributed by atoms with van der Waals surface area (Å²) in [5.74, 6) is -0.912. The number of nitrogens with zero attached hydrogens (tertiary/aromatic N) is 3. The monoisotopic (exact) mass is 464 g/mol. The van der Waals surface area contributed by atoms with Gasteiger partial charge >= 0.3 is 5.97 Å². The van der Waals surface area contributed by atoms with Gasteiger partial charge in [0.2, 0.25) is 0 Å². The zero-order chi connectivity index (χ0) is 23.7. The van der Waals surface area contributed by atoms with E-state index < -0.39 is 12.2 Å². The van der Waals surface area contributed by atoms with Gasteiger partial charge in [0.15, 0.2) is 0 Å². The average molecular weight is 465 g/mol. The van der Waals surface area contributed by atoms with Crippen molar-refractivity contribution in [1.29, 1.82) is 0 Å². The topological polar surface area (TPSA) is 110 Å². The second-order valence-corrected chi connectivity index (χ2v) is 7.82. The number of carbonyl (C=O) groups is 2. The number of aliphatic hydroxyl groups is 1. The number of aromatic nitrogens is 2.